The minimum Gasteiger partial charge on any atom is -0.303 e. The first-order valence-corrected chi connectivity index (χ1v) is 6.36. The summed E-state index contributed by atoms with van der Waals surface area (Å²) in [7, 11) is 0. The standard InChI is InChI=1S/C13H27N/c1-4-13(2,3)9-5-6-10-14-11-7-8-12-14/h4-12H2,1-3H3. The molecule has 1 fully saturated rings. The van der Waals surface area contributed by atoms with Gasteiger partial charge in [-0.1, -0.05) is 33.6 Å². The Balaban J connectivity index is 1.98. The first-order chi connectivity index (χ1) is 6.64. The Labute approximate surface area is 89.9 Å². The molecular weight excluding hydrogens is 170 g/mol. The van der Waals surface area contributed by atoms with Crippen LogP contribution in [0.5, 0.6) is 0 Å². The summed E-state index contributed by atoms with van der Waals surface area (Å²) < 4.78 is 0. The van der Waals surface area contributed by atoms with Crippen molar-refractivity contribution in [3.63, 3.8) is 0 Å². The lowest BCUT2D eigenvalue weighted by atomic mass is 9.85. The summed E-state index contributed by atoms with van der Waals surface area (Å²) in [4.78, 5) is 2.62. The predicted octanol–water partition coefficient (Wildman–Crippen LogP) is 3.69. The van der Waals surface area contributed by atoms with Crippen molar-refractivity contribution in [1.82, 2.24) is 4.90 Å². The molecule has 1 saturated heterocycles. The molecule has 1 aliphatic rings. The average Bonchev–Trinajstić information content (AvgIpc) is 2.65. The molecule has 0 atom stereocenters. The van der Waals surface area contributed by atoms with Crippen molar-refractivity contribution in [2.45, 2.75) is 59.3 Å². The highest BCUT2D eigenvalue weighted by Gasteiger charge is 2.15. The molecule has 1 heteroatoms. The van der Waals surface area contributed by atoms with E-state index < -0.39 is 0 Å². The van der Waals surface area contributed by atoms with Gasteiger partial charge in [0.1, 0.15) is 0 Å². The molecule has 0 spiro atoms. The number of nitrogens with zero attached hydrogens (tertiary/aromatic N) is 1. The quantitative estimate of drug-likeness (QED) is 0.587. The molecule has 0 saturated carbocycles. The van der Waals surface area contributed by atoms with E-state index in [4.69, 9.17) is 0 Å². The van der Waals surface area contributed by atoms with Crippen LogP contribution >= 0.6 is 0 Å². The number of hydrogen-bond donors (Lipinski definition) is 0. The Morgan fingerprint density at radius 2 is 1.71 bits per heavy atom. The Morgan fingerprint density at radius 3 is 2.29 bits per heavy atom. The molecule has 0 aromatic rings. The van der Waals surface area contributed by atoms with Gasteiger partial charge in [0.05, 0.1) is 0 Å². The van der Waals surface area contributed by atoms with Crippen LogP contribution in [0, 0.1) is 5.41 Å². The Hall–Kier alpha value is -0.0400. The molecule has 1 rings (SSSR count). The van der Waals surface area contributed by atoms with Crippen molar-refractivity contribution in [2.24, 2.45) is 5.41 Å². The molecule has 84 valence electrons. The van der Waals surface area contributed by atoms with Gasteiger partial charge in [0.15, 0.2) is 0 Å². The molecule has 1 aliphatic heterocycles. The summed E-state index contributed by atoms with van der Waals surface area (Å²) in [5.41, 5.74) is 0.574. The Bertz CT molecular complexity index is 145. The lowest BCUT2D eigenvalue weighted by molar-refractivity contribution is 0.283. The maximum Gasteiger partial charge on any atom is -0.00183 e. The molecule has 0 N–H and O–H groups in total. The lowest BCUT2D eigenvalue weighted by Crippen LogP contribution is -2.20. The monoisotopic (exact) mass is 197 g/mol. The van der Waals surface area contributed by atoms with Crippen LogP contribution in [0.1, 0.15) is 59.3 Å². The van der Waals surface area contributed by atoms with Gasteiger partial charge < -0.3 is 4.90 Å². The van der Waals surface area contributed by atoms with Crippen molar-refractivity contribution < 1.29 is 0 Å². The maximum atomic E-state index is 2.62. The van der Waals surface area contributed by atoms with Crippen molar-refractivity contribution in [1.29, 1.82) is 0 Å². The fourth-order valence-electron chi connectivity index (χ4n) is 2.12. The highest BCUT2D eigenvalue weighted by molar-refractivity contribution is 4.69. The third-order valence-corrected chi connectivity index (χ3v) is 3.73. The van der Waals surface area contributed by atoms with Crippen LogP contribution in [0.2, 0.25) is 0 Å². The molecular formula is C13H27N. The van der Waals surface area contributed by atoms with E-state index in [0.29, 0.717) is 5.41 Å². The van der Waals surface area contributed by atoms with Gasteiger partial charge in [0, 0.05) is 0 Å². The summed E-state index contributed by atoms with van der Waals surface area (Å²) >= 11 is 0. The van der Waals surface area contributed by atoms with Crippen molar-refractivity contribution in [3.8, 4) is 0 Å². The molecule has 0 aliphatic carbocycles. The molecule has 1 nitrogen and oxygen atoms in total. The molecule has 0 amide bonds. The zero-order valence-corrected chi connectivity index (χ0v) is 10.3. The van der Waals surface area contributed by atoms with E-state index in [1.165, 1.54) is 58.2 Å². The van der Waals surface area contributed by atoms with Crippen LogP contribution in [0.15, 0.2) is 0 Å². The van der Waals surface area contributed by atoms with E-state index in [9.17, 15) is 0 Å². The second-order valence-corrected chi connectivity index (χ2v) is 5.52. The summed E-state index contributed by atoms with van der Waals surface area (Å²) in [6.45, 7) is 11.2. The Morgan fingerprint density at radius 1 is 1.07 bits per heavy atom. The molecule has 0 radical (unpaired) electrons. The molecule has 0 aromatic heterocycles. The molecule has 0 bridgehead atoms. The molecule has 14 heavy (non-hydrogen) atoms. The fourth-order valence-corrected chi connectivity index (χ4v) is 2.12. The number of likely N-dealkylation sites (tertiary alicyclic amines) is 1. The zero-order valence-electron chi connectivity index (χ0n) is 10.3. The van der Waals surface area contributed by atoms with Crippen molar-refractivity contribution in [2.75, 3.05) is 19.6 Å². The summed E-state index contributed by atoms with van der Waals surface area (Å²) in [5, 5.41) is 0. The van der Waals surface area contributed by atoms with E-state index in [2.05, 4.69) is 25.7 Å². The molecule has 0 unspecified atom stereocenters. The van der Waals surface area contributed by atoms with Gasteiger partial charge in [-0.15, -0.1) is 0 Å². The van der Waals surface area contributed by atoms with Crippen LogP contribution in [-0.4, -0.2) is 24.5 Å². The normalized spacial score (nSPS) is 19.1. The van der Waals surface area contributed by atoms with Gasteiger partial charge in [-0.25, -0.2) is 0 Å². The first kappa shape index (κ1) is 12.0. The topological polar surface area (TPSA) is 3.24 Å². The summed E-state index contributed by atoms with van der Waals surface area (Å²) in [6.07, 6.45) is 8.40. The lowest BCUT2D eigenvalue weighted by Gasteiger charge is -2.23. The van der Waals surface area contributed by atoms with Gasteiger partial charge in [-0.2, -0.15) is 0 Å². The van der Waals surface area contributed by atoms with Crippen LogP contribution in [0.4, 0.5) is 0 Å². The minimum absolute atomic E-state index is 0.574. The fraction of sp³-hybridized carbons (Fsp3) is 1.00. The third-order valence-electron chi connectivity index (χ3n) is 3.73. The molecule has 0 aromatic carbocycles. The van der Waals surface area contributed by atoms with Gasteiger partial charge in [0.25, 0.3) is 0 Å². The van der Waals surface area contributed by atoms with Crippen molar-refractivity contribution >= 4 is 0 Å². The number of unbranched alkanes of at least 4 members (excludes halogenated alkanes) is 1. The van der Waals surface area contributed by atoms with Crippen molar-refractivity contribution in [3.05, 3.63) is 0 Å². The highest BCUT2D eigenvalue weighted by Crippen LogP contribution is 2.26. The SMILES string of the molecule is CCC(C)(C)CCCCN1CCCC1. The minimum atomic E-state index is 0.574. The largest absolute Gasteiger partial charge is 0.303 e. The van der Waals surface area contributed by atoms with Gasteiger partial charge >= 0.3 is 0 Å². The first-order valence-electron chi connectivity index (χ1n) is 6.36. The van der Waals surface area contributed by atoms with Crippen LogP contribution in [0.3, 0.4) is 0 Å². The zero-order chi connectivity index (χ0) is 10.4. The van der Waals surface area contributed by atoms with E-state index in [-0.39, 0.29) is 0 Å². The van der Waals surface area contributed by atoms with E-state index in [1.807, 2.05) is 0 Å². The average molecular weight is 197 g/mol. The van der Waals surface area contributed by atoms with Gasteiger partial charge in [-0.05, 0) is 50.7 Å². The van der Waals surface area contributed by atoms with E-state index in [1.54, 1.807) is 0 Å². The maximum absolute atomic E-state index is 2.62. The third kappa shape index (κ3) is 4.45. The van der Waals surface area contributed by atoms with Gasteiger partial charge in [0.2, 0.25) is 0 Å². The number of hydrogen-bond acceptors (Lipinski definition) is 1. The predicted molar refractivity (Wildman–Crippen MR) is 63.6 cm³/mol. The van der Waals surface area contributed by atoms with Crippen LogP contribution in [-0.2, 0) is 0 Å². The second-order valence-electron chi connectivity index (χ2n) is 5.52. The number of rotatable bonds is 6. The molecule has 1 heterocycles. The second kappa shape index (κ2) is 5.75. The smallest absolute Gasteiger partial charge is 0.00183 e. The van der Waals surface area contributed by atoms with E-state index >= 15 is 0 Å². The summed E-state index contributed by atoms with van der Waals surface area (Å²) in [6, 6.07) is 0. The van der Waals surface area contributed by atoms with E-state index in [0.717, 1.165) is 0 Å². The van der Waals surface area contributed by atoms with Crippen LogP contribution < -0.4 is 0 Å². The van der Waals surface area contributed by atoms with Crippen LogP contribution in [0.25, 0.3) is 0 Å². The Kier molecular flexibility index (Phi) is 4.94. The summed E-state index contributed by atoms with van der Waals surface area (Å²) in [5.74, 6) is 0. The highest BCUT2D eigenvalue weighted by atomic mass is 15.1. The van der Waals surface area contributed by atoms with Gasteiger partial charge in [-0.3, -0.25) is 0 Å².